The van der Waals surface area contributed by atoms with Crippen molar-refractivity contribution in [2.45, 2.75) is 26.2 Å². The SMILES string of the molecule is COC(=O)C1=CCCCC1(C)C(=O)O. The number of methoxy groups -OCH3 is 1. The Hall–Kier alpha value is -1.32. The number of hydrogen-bond donors (Lipinski definition) is 1. The first kappa shape index (κ1) is 10.8. The van der Waals surface area contributed by atoms with Crippen molar-refractivity contribution in [3.05, 3.63) is 11.6 Å². The van der Waals surface area contributed by atoms with Gasteiger partial charge in [-0.2, -0.15) is 0 Å². The fraction of sp³-hybridized carbons (Fsp3) is 0.600. The Morgan fingerprint density at radius 1 is 1.57 bits per heavy atom. The van der Waals surface area contributed by atoms with Crippen LogP contribution in [0.15, 0.2) is 11.6 Å². The molecule has 14 heavy (non-hydrogen) atoms. The lowest BCUT2D eigenvalue weighted by Gasteiger charge is -2.29. The van der Waals surface area contributed by atoms with E-state index in [1.165, 1.54) is 7.11 Å². The lowest BCUT2D eigenvalue weighted by molar-refractivity contribution is -0.150. The monoisotopic (exact) mass is 198 g/mol. The third-order valence-electron chi connectivity index (χ3n) is 2.70. The molecule has 1 unspecified atom stereocenters. The van der Waals surface area contributed by atoms with Crippen LogP contribution in [-0.2, 0) is 14.3 Å². The quantitative estimate of drug-likeness (QED) is 0.680. The first-order valence-corrected chi connectivity index (χ1v) is 4.54. The average Bonchev–Trinajstić information content (AvgIpc) is 2.17. The number of esters is 1. The smallest absolute Gasteiger partial charge is 0.334 e. The van der Waals surface area contributed by atoms with Gasteiger partial charge < -0.3 is 9.84 Å². The van der Waals surface area contributed by atoms with Crippen LogP contribution < -0.4 is 0 Å². The number of hydrogen-bond acceptors (Lipinski definition) is 3. The Morgan fingerprint density at radius 3 is 2.71 bits per heavy atom. The summed E-state index contributed by atoms with van der Waals surface area (Å²) in [7, 11) is 1.26. The molecule has 0 bridgehead atoms. The zero-order chi connectivity index (χ0) is 10.8. The number of carbonyl (C=O) groups excluding carboxylic acids is 1. The van der Waals surface area contributed by atoms with Gasteiger partial charge in [0.1, 0.15) is 0 Å². The highest BCUT2D eigenvalue weighted by Gasteiger charge is 2.42. The van der Waals surface area contributed by atoms with Crippen LogP contribution in [0, 0.1) is 5.41 Å². The van der Waals surface area contributed by atoms with Gasteiger partial charge in [-0.25, -0.2) is 4.79 Å². The van der Waals surface area contributed by atoms with Crippen LogP contribution in [0.2, 0.25) is 0 Å². The molecule has 0 amide bonds. The van der Waals surface area contributed by atoms with Gasteiger partial charge in [-0.05, 0) is 26.2 Å². The molecule has 1 aliphatic rings. The Labute approximate surface area is 82.6 Å². The van der Waals surface area contributed by atoms with E-state index in [1.807, 2.05) is 0 Å². The lowest BCUT2D eigenvalue weighted by atomic mass is 9.74. The Kier molecular flexibility index (Phi) is 2.93. The predicted octanol–water partition coefficient (Wildman–Crippen LogP) is 1.36. The van der Waals surface area contributed by atoms with Crippen molar-refractivity contribution in [3.63, 3.8) is 0 Å². The van der Waals surface area contributed by atoms with Crippen molar-refractivity contribution < 1.29 is 19.4 Å². The van der Waals surface area contributed by atoms with Gasteiger partial charge in [0.2, 0.25) is 0 Å². The van der Waals surface area contributed by atoms with Gasteiger partial charge >= 0.3 is 11.9 Å². The maximum atomic E-state index is 11.3. The molecule has 1 aliphatic carbocycles. The van der Waals surface area contributed by atoms with E-state index >= 15 is 0 Å². The van der Waals surface area contributed by atoms with Crippen molar-refractivity contribution in [2.75, 3.05) is 7.11 Å². The largest absolute Gasteiger partial charge is 0.481 e. The molecule has 0 aliphatic heterocycles. The third-order valence-corrected chi connectivity index (χ3v) is 2.70. The zero-order valence-electron chi connectivity index (χ0n) is 8.37. The first-order valence-electron chi connectivity index (χ1n) is 4.54. The van der Waals surface area contributed by atoms with E-state index in [4.69, 9.17) is 5.11 Å². The zero-order valence-corrected chi connectivity index (χ0v) is 8.37. The standard InChI is InChI=1S/C10H14O4/c1-10(9(12)13)6-4-3-5-7(10)8(11)14-2/h5H,3-4,6H2,1-2H3,(H,12,13). The van der Waals surface area contributed by atoms with Crippen molar-refractivity contribution >= 4 is 11.9 Å². The highest BCUT2D eigenvalue weighted by Crippen LogP contribution is 2.37. The molecular formula is C10H14O4. The fourth-order valence-electron chi connectivity index (χ4n) is 1.70. The van der Waals surface area contributed by atoms with Crippen LogP contribution in [0.3, 0.4) is 0 Å². The second-order valence-corrected chi connectivity index (χ2v) is 3.64. The van der Waals surface area contributed by atoms with E-state index < -0.39 is 17.4 Å². The van der Waals surface area contributed by atoms with Crippen molar-refractivity contribution in [3.8, 4) is 0 Å². The summed E-state index contributed by atoms with van der Waals surface area (Å²) in [4.78, 5) is 22.4. The Bertz CT molecular complexity index is 292. The number of aliphatic carboxylic acids is 1. The minimum atomic E-state index is -1.08. The summed E-state index contributed by atoms with van der Waals surface area (Å²) in [6.45, 7) is 1.57. The van der Waals surface area contributed by atoms with Gasteiger partial charge in [-0.1, -0.05) is 6.08 Å². The number of carboxylic acid groups (broad SMARTS) is 1. The normalized spacial score (nSPS) is 26.6. The summed E-state index contributed by atoms with van der Waals surface area (Å²) in [5.41, 5.74) is -0.801. The van der Waals surface area contributed by atoms with Crippen molar-refractivity contribution in [1.82, 2.24) is 0 Å². The fourth-order valence-corrected chi connectivity index (χ4v) is 1.70. The van der Waals surface area contributed by atoms with Crippen LogP contribution in [0.4, 0.5) is 0 Å². The maximum absolute atomic E-state index is 11.3. The lowest BCUT2D eigenvalue weighted by Crippen LogP contribution is -2.35. The van der Waals surface area contributed by atoms with Crippen molar-refractivity contribution in [1.29, 1.82) is 0 Å². The second kappa shape index (κ2) is 3.82. The third kappa shape index (κ3) is 1.64. The minimum Gasteiger partial charge on any atom is -0.481 e. The van der Waals surface area contributed by atoms with E-state index in [9.17, 15) is 9.59 Å². The van der Waals surface area contributed by atoms with E-state index in [1.54, 1.807) is 13.0 Å². The molecule has 0 radical (unpaired) electrons. The molecule has 0 aromatic rings. The molecule has 0 spiro atoms. The molecule has 1 N–H and O–H groups in total. The summed E-state index contributed by atoms with van der Waals surface area (Å²) in [6.07, 6.45) is 3.70. The van der Waals surface area contributed by atoms with Gasteiger partial charge in [-0.3, -0.25) is 4.79 Å². The van der Waals surface area contributed by atoms with Crippen LogP contribution in [-0.4, -0.2) is 24.2 Å². The highest BCUT2D eigenvalue weighted by molar-refractivity contribution is 5.97. The summed E-state index contributed by atoms with van der Waals surface area (Å²) in [6, 6.07) is 0. The maximum Gasteiger partial charge on any atom is 0.334 e. The summed E-state index contributed by atoms with van der Waals surface area (Å²) in [5, 5.41) is 9.06. The van der Waals surface area contributed by atoms with Gasteiger partial charge in [0, 0.05) is 0 Å². The average molecular weight is 198 g/mol. The van der Waals surface area contributed by atoms with Crippen LogP contribution in [0.25, 0.3) is 0 Å². The molecular weight excluding hydrogens is 184 g/mol. The van der Waals surface area contributed by atoms with E-state index in [-0.39, 0.29) is 5.57 Å². The summed E-state index contributed by atoms with van der Waals surface area (Å²) >= 11 is 0. The molecule has 1 rings (SSSR count). The molecule has 1 atom stereocenters. The van der Waals surface area contributed by atoms with Crippen molar-refractivity contribution in [2.24, 2.45) is 5.41 Å². The number of ether oxygens (including phenoxy) is 1. The van der Waals surface area contributed by atoms with E-state index in [0.717, 1.165) is 12.8 Å². The van der Waals surface area contributed by atoms with Gasteiger partial charge in [0.05, 0.1) is 18.1 Å². The molecule has 0 saturated heterocycles. The van der Waals surface area contributed by atoms with Gasteiger partial charge in [0.15, 0.2) is 0 Å². The summed E-state index contributed by atoms with van der Waals surface area (Å²) < 4.78 is 4.56. The van der Waals surface area contributed by atoms with E-state index in [0.29, 0.717) is 6.42 Å². The molecule has 4 heteroatoms. The molecule has 0 fully saturated rings. The van der Waals surface area contributed by atoms with Gasteiger partial charge in [0.25, 0.3) is 0 Å². The molecule has 0 heterocycles. The molecule has 0 aromatic carbocycles. The molecule has 4 nitrogen and oxygen atoms in total. The number of carbonyl (C=O) groups is 2. The number of rotatable bonds is 2. The van der Waals surface area contributed by atoms with Gasteiger partial charge in [-0.15, -0.1) is 0 Å². The highest BCUT2D eigenvalue weighted by atomic mass is 16.5. The first-order chi connectivity index (χ1) is 6.52. The Balaban J connectivity index is 3.05. The van der Waals surface area contributed by atoms with Crippen LogP contribution in [0.1, 0.15) is 26.2 Å². The van der Waals surface area contributed by atoms with Crippen LogP contribution in [0.5, 0.6) is 0 Å². The second-order valence-electron chi connectivity index (χ2n) is 3.64. The number of carboxylic acids is 1. The number of allylic oxidation sites excluding steroid dienone is 1. The molecule has 78 valence electrons. The van der Waals surface area contributed by atoms with Crippen LogP contribution >= 0.6 is 0 Å². The minimum absolute atomic E-state index is 0.277. The molecule has 0 saturated carbocycles. The topological polar surface area (TPSA) is 63.6 Å². The Morgan fingerprint density at radius 2 is 2.21 bits per heavy atom. The van der Waals surface area contributed by atoms with E-state index in [2.05, 4.69) is 4.74 Å². The summed E-state index contributed by atoms with van der Waals surface area (Å²) in [5.74, 6) is -1.50. The predicted molar refractivity (Wildman–Crippen MR) is 49.7 cm³/mol. The molecule has 0 aromatic heterocycles.